The number of para-hydroxylation sites is 1. The number of nitrogens with zero attached hydrogens (tertiary/aromatic N) is 2. The molecule has 2 aromatic carbocycles. The molecule has 0 bridgehead atoms. The summed E-state index contributed by atoms with van der Waals surface area (Å²) in [5, 5.41) is 0. The van der Waals surface area contributed by atoms with Crippen LogP contribution in [0, 0.1) is 19.7 Å². The van der Waals surface area contributed by atoms with Crippen LogP contribution in [0.25, 0.3) is 0 Å². The number of aryl methyl sites for hydroxylation is 2. The third-order valence-corrected chi connectivity index (χ3v) is 5.79. The van der Waals surface area contributed by atoms with Crippen molar-refractivity contribution in [2.45, 2.75) is 38.5 Å². The van der Waals surface area contributed by atoms with E-state index in [2.05, 4.69) is 21.6 Å². The van der Waals surface area contributed by atoms with Gasteiger partial charge in [-0.05, 0) is 56.7 Å². The number of nitrogens with one attached hydrogen (secondary N) is 1. The Kier molecular flexibility index (Phi) is 7.06. The molecule has 0 aliphatic carbocycles. The van der Waals surface area contributed by atoms with Crippen molar-refractivity contribution in [1.82, 2.24) is 9.97 Å². The van der Waals surface area contributed by atoms with Crippen LogP contribution in [0.5, 0.6) is 17.5 Å². The lowest BCUT2D eigenvalue weighted by Gasteiger charge is -2.14. The first kappa shape index (κ1) is 22.5. The molecule has 0 fully saturated rings. The summed E-state index contributed by atoms with van der Waals surface area (Å²) in [6.45, 7) is 5.88. The van der Waals surface area contributed by atoms with Gasteiger partial charge in [0.25, 0.3) is 10.0 Å². The van der Waals surface area contributed by atoms with Crippen molar-refractivity contribution in [3.05, 3.63) is 65.7 Å². The first-order valence-corrected chi connectivity index (χ1v) is 11.3. The van der Waals surface area contributed by atoms with Gasteiger partial charge >= 0.3 is 6.01 Å². The average molecular weight is 446 g/mol. The van der Waals surface area contributed by atoms with Gasteiger partial charge < -0.3 is 9.47 Å². The summed E-state index contributed by atoms with van der Waals surface area (Å²) in [6, 6.07) is 12.0. The van der Waals surface area contributed by atoms with Crippen molar-refractivity contribution in [3.63, 3.8) is 0 Å². The maximum atomic E-state index is 13.8. The highest BCUT2D eigenvalue weighted by atomic mass is 32.2. The number of ether oxygens (including phenoxy) is 2. The fourth-order valence-corrected chi connectivity index (χ4v) is 3.92. The molecule has 0 saturated carbocycles. The SMILES string of the molecule is CCCCOc1ccc(S(=O)(=O)Nc2c(C)nc(Oc3ccccc3F)nc2C)cc1. The van der Waals surface area contributed by atoms with Crippen LogP contribution in [-0.4, -0.2) is 25.0 Å². The molecule has 0 atom stereocenters. The average Bonchev–Trinajstić information content (AvgIpc) is 2.73. The Morgan fingerprint density at radius 3 is 2.26 bits per heavy atom. The Morgan fingerprint density at radius 2 is 1.65 bits per heavy atom. The zero-order valence-corrected chi connectivity index (χ0v) is 18.4. The number of halogens is 1. The van der Waals surface area contributed by atoms with E-state index in [4.69, 9.17) is 9.47 Å². The molecule has 31 heavy (non-hydrogen) atoms. The molecule has 1 heterocycles. The summed E-state index contributed by atoms with van der Waals surface area (Å²) in [5.74, 6) is 0.0434. The lowest BCUT2D eigenvalue weighted by atomic mass is 10.3. The second-order valence-electron chi connectivity index (χ2n) is 6.86. The Balaban J connectivity index is 1.77. The third kappa shape index (κ3) is 5.69. The fourth-order valence-electron chi connectivity index (χ4n) is 2.75. The van der Waals surface area contributed by atoms with Gasteiger partial charge in [0.15, 0.2) is 11.6 Å². The monoisotopic (exact) mass is 445 g/mol. The van der Waals surface area contributed by atoms with Crippen molar-refractivity contribution in [2.75, 3.05) is 11.3 Å². The number of rotatable bonds is 9. The zero-order valence-electron chi connectivity index (χ0n) is 17.6. The standard InChI is InChI=1S/C22H24FN3O4S/c1-4-5-14-29-17-10-12-18(13-11-17)31(27,28)26-21-15(2)24-22(25-16(21)3)30-20-9-7-6-8-19(20)23/h6-13,26H,4-5,14H2,1-3H3. The van der Waals surface area contributed by atoms with Crippen LogP contribution in [0.15, 0.2) is 53.4 Å². The Bertz CT molecular complexity index is 1130. The van der Waals surface area contributed by atoms with Crippen LogP contribution in [0.1, 0.15) is 31.2 Å². The molecule has 0 radical (unpaired) electrons. The van der Waals surface area contributed by atoms with Gasteiger partial charge in [-0.1, -0.05) is 25.5 Å². The van der Waals surface area contributed by atoms with E-state index in [-0.39, 0.29) is 22.3 Å². The number of unbranched alkanes of at least 4 members (excludes halogenated alkanes) is 1. The number of aromatic nitrogens is 2. The van der Waals surface area contributed by atoms with Gasteiger partial charge in [0.05, 0.1) is 28.6 Å². The highest BCUT2D eigenvalue weighted by Gasteiger charge is 2.19. The molecule has 0 amide bonds. The lowest BCUT2D eigenvalue weighted by Crippen LogP contribution is -2.16. The largest absolute Gasteiger partial charge is 0.494 e. The van der Waals surface area contributed by atoms with E-state index in [1.54, 1.807) is 38.1 Å². The molecule has 0 unspecified atom stereocenters. The first-order valence-electron chi connectivity index (χ1n) is 9.83. The minimum absolute atomic E-state index is 0.0177. The first-order chi connectivity index (χ1) is 14.8. The third-order valence-electron chi connectivity index (χ3n) is 4.43. The van der Waals surface area contributed by atoms with Crippen LogP contribution in [-0.2, 0) is 10.0 Å². The minimum atomic E-state index is -3.87. The van der Waals surface area contributed by atoms with Gasteiger partial charge in [-0.15, -0.1) is 0 Å². The number of hydrogen-bond acceptors (Lipinski definition) is 6. The van der Waals surface area contributed by atoms with Crippen molar-refractivity contribution in [3.8, 4) is 17.5 Å². The second kappa shape index (κ2) is 9.74. The van der Waals surface area contributed by atoms with Gasteiger partial charge in [0, 0.05) is 0 Å². The second-order valence-corrected chi connectivity index (χ2v) is 8.55. The predicted octanol–water partition coefficient (Wildman–Crippen LogP) is 5.00. The van der Waals surface area contributed by atoms with Gasteiger partial charge in [-0.3, -0.25) is 4.72 Å². The Hall–Kier alpha value is -3.20. The van der Waals surface area contributed by atoms with E-state index >= 15 is 0 Å². The molecule has 3 aromatic rings. The Morgan fingerprint density at radius 1 is 1.00 bits per heavy atom. The molecule has 0 aliphatic rings. The summed E-state index contributed by atoms with van der Waals surface area (Å²) < 4.78 is 52.9. The van der Waals surface area contributed by atoms with E-state index in [9.17, 15) is 12.8 Å². The molecular formula is C22H24FN3O4S. The van der Waals surface area contributed by atoms with Gasteiger partial charge in [0.2, 0.25) is 0 Å². The van der Waals surface area contributed by atoms with E-state index in [1.165, 1.54) is 24.3 Å². The van der Waals surface area contributed by atoms with Crippen molar-refractivity contribution in [1.29, 1.82) is 0 Å². The molecule has 1 N–H and O–H groups in total. The summed E-state index contributed by atoms with van der Waals surface area (Å²) in [6.07, 6.45) is 1.94. The van der Waals surface area contributed by atoms with Crippen LogP contribution in [0.4, 0.5) is 10.1 Å². The van der Waals surface area contributed by atoms with Crippen molar-refractivity contribution in [2.24, 2.45) is 0 Å². The van der Waals surface area contributed by atoms with Gasteiger partial charge in [-0.2, -0.15) is 9.97 Å². The molecule has 3 rings (SSSR count). The smallest absolute Gasteiger partial charge is 0.322 e. The van der Waals surface area contributed by atoms with E-state index in [0.717, 1.165) is 12.8 Å². The highest BCUT2D eigenvalue weighted by Crippen LogP contribution is 2.27. The minimum Gasteiger partial charge on any atom is -0.494 e. The maximum Gasteiger partial charge on any atom is 0.322 e. The van der Waals surface area contributed by atoms with E-state index in [0.29, 0.717) is 23.7 Å². The zero-order chi connectivity index (χ0) is 22.4. The number of anilines is 1. The topological polar surface area (TPSA) is 90.4 Å². The van der Waals surface area contributed by atoms with Gasteiger partial charge in [-0.25, -0.2) is 12.8 Å². The lowest BCUT2D eigenvalue weighted by molar-refractivity contribution is 0.309. The highest BCUT2D eigenvalue weighted by molar-refractivity contribution is 7.92. The molecule has 0 saturated heterocycles. The Labute approximate surface area is 181 Å². The summed E-state index contributed by atoms with van der Waals surface area (Å²) >= 11 is 0. The number of benzene rings is 2. The van der Waals surface area contributed by atoms with E-state index in [1.807, 2.05) is 0 Å². The fraction of sp³-hybridized carbons (Fsp3) is 0.273. The van der Waals surface area contributed by atoms with E-state index < -0.39 is 15.8 Å². The number of hydrogen-bond donors (Lipinski definition) is 1. The molecule has 9 heteroatoms. The van der Waals surface area contributed by atoms with Crippen LogP contribution >= 0.6 is 0 Å². The van der Waals surface area contributed by atoms with Crippen molar-refractivity contribution < 1.29 is 22.3 Å². The summed E-state index contributed by atoms with van der Waals surface area (Å²) in [7, 11) is -3.87. The molecule has 0 aliphatic heterocycles. The van der Waals surface area contributed by atoms with Crippen molar-refractivity contribution >= 4 is 15.7 Å². The summed E-state index contributed by atoms with van der Waals surface area (Å²) in [4.78, 5) is 8.40. The predicted molar refractivity (Wildman–Crippen MR) is 116 cm³/mol. The van der Waals surface area contributed by atoms with Crippen LogP contribution in [0.2, 0.25) is 0 Å². The number of sulfonamides is 1. The molecule has 7 nitrogen and oxygen atoms in total. The van der Waals surface area contributed by atoms with Gasteiger partial charge in [0.1, 0.15) is 5.75 Å². The quantitative estimate of drug-likeness (QED) is 0.466. The normalized spacial score (nSPS) is 11.2. The van der Waals surface area contributed by atoms with Crippen LogP contribution < -0.4 is 14.2 Å². The maximum absolute atomic E-state index is 13.8. The molecular weight excluding hydrogens is 421 g/mol. The summed E-state index contributed by atoms with van der Waals surface area (Å²) in [5.41, 5.74) is 0.938. The molecule has 164 valence electrons. The molecule has 0 spiro atoms. The van der Waals surface area contributed by atoms with Crippen LogP contribution in [0.3, 0.4) is 0 Å². The molecule has 1 aromatic heterocycles.